The van der Waals surface area contributed by atoms with Crippen LogP contribution < -0.4 is 5.73 Å². The van der Waals surface area contributed by atoms with Crippen LogP contribution in [-0.2, 0) is 4.79 Å². The Bertz CT molecular complexity index is 221. The van der Waals surface area contributed by atoms with E-state index >= 15 is 0 Å². The van der Waals surface area contributed by atoms with Crippen molar-refractivity contribution in [3.05, 3.63) is 0 Å². The molecule has 0 aliphatic carbocycles. The number of nitrogens with zero attached hydrogens (tertiary/aromatic N) is 1. The Morgan fingerprint density at radius 1 is 1.47 bits per heavy atom. The number of hydrogen-bond acceptors (Lipinski definition) is 3. The maximum Gasteiger partial charge on any atom is 0.325 e. The quantitative estimate of drug-likeness (QED) is 0.649. The van der Waals surface area contributed by atoms with Gasteiger partial charge < -0.3 is 15.7 Å². The number of likely N-dealkylation sites (tertiary alicyclic amines) is 1. The highest BCUT2D eigenvalue weighted by atomic mass is 16.4. The van der Waals surface area contributed by atoms with E-state index in [2.05, 4.69) is 11.8 Å². The molecule has 4 heteroatoms. The van der Waals surface area contributed by atoms with Gasteiger partial charge in [0.1, 0.15) is 5.54 Å². The number of carboxylic acids is 1. The Morgan fingerprint density at radius 2 is 2.20 bits per heavy atom. The molecule has 0 aromatic carbocycles. The number of carboxylic acid groups (broad SMARTS) is 1. The molecule has 0 spiro atoms. The van der Waals surface area contributed by atoms with Crippen molar-refractivity contribution in [2.75, 3.05) is 19.6 Å². The number of hydrogen-bond donors (Lipinski definition) is 2. The Hall–Kier alpha value is -0.610. The van der Waals surface area contributed by atoms with Gasteiger partial charge in [0.15, 0.2) is 0 Å². The first-order valence-corrected chi connectivity index (χ1v) is 5.83. The van der Waals surface area contributed by atoms with Crippen molar-refractivity contribution in [3.8, 4) is 0 Å². The molecule has 1 fully saturated rings. The van der Waals surface area contributed by atoms with Gasteiger partial charge in [-0.05, 0) is 19.4 Å². The fourth-order valence-electron chi connectivity index (χ4n) is 2.04. The summed E-state index contributed by atoms with van der Waals surface area (Å²) in [6, 6.07) is 0. The lowest BCUT2D eigenvalue weighted by atomic mass is 10.0. The minimum Gasteiger partial charge on any atom is -0.480 e. The van der Waals surface area contributed by atoms with Crippen LogP contribution in [0.4, 0.5) is 0 Å². The molecule has 3 N–H and O–H groups in total. The van der Waals surface area contributed by atoms with Gasteiger partial charge in [-0.15, -0.1) is 0 Å². The molecule has 1 heterocycles. The Labute approximate surface area is 91.4 Å². The highest BCUT2D eigenvalue weighted by Gasteiger charge is 2.40. The second-order valence-corrected chi connectivity index (χ2v) is 4.55. The minimum atomic E-state index is -0.995. The van der Waals surface area contributed by atoms with Crippen LogP contribution in [-0.4, -0.2) is 41.1 Å². The lowest BCUT2D eigenvalue weighted by Crippen LogP contribution is -2.50. The highest BCUT2D eigenvalue weighted by molar-refractivity contribution is 5.79. The molecule has 1 saturated heterocycles. The van der Waals surface area contributed by atoms with Gasteiger partial charge >= 0.3 is 5.97 Å². The molecule has 1 unspecified atom stereocenters. The SMILES string of the molecule is CCCCCCN1CCC(N)(C(=O)O)C1. The lowest BCUT2D eigenvalue weighted by molar-refractivity contribution is -0.142. The molecule has 0 aromatic heterocycles. The molecule has 15 heavy (non-hydrogen) atoms. The summed E-state index contributed by atoms with van der Waals surface area (Å²) >= 11 is 0. The zero-order valence-electron chi connectivity index (χ0n) is 9.54. The average molecular weight is 214 g/mol. The van der Waals surface area contributed by atoms with Gasteiger partial charge in [0, 0.05) is 13.1 Å². The van der Waals surface area contributed by atoms with E-state index in [0.717, 1.165) is 19.5 Å². The van der Waals surface area contributed by atoms with Crippen LogP contribution >= 0.6 is 0 Å². The number of unbranched alkanes of at least 4 members (excludes halogenated alkanes) is 3. The van der Waals surface area contributed by atoms with E-state index in [4.69, 9.17) is 10.8 Å². The fourth-order valence-corrected chi connectivity index (χ4v) is 2.04. The molecule has 1 atom stereocenters. The molecular weight excluding hydrogens is 192 g/mol. The van der Waals surface area contributed by atoms with Crippen molar-refractivity contribution in [1.82, 2.24) is 4.90 Å². The summed E-state index contributed by atoms with van der Waals surface area (Å²) in [5, 5.41) is 8.95. The van der Waals surface area contributed by atoms with E-state index in [0.29, 0.717) is 13.0 Å². The van der Waals surface area contributed by atoms with Gasteiger partial charge in [-0.1, -0.05) is 26.2 Å². The largest absolute Gasteiger partial charge is 0.480 e. The Balaban J connectivity index is 2.22. The molecule has 1 rings (SSSR count). The van der Waals surface area contributed by atoms with Crippen LogP contribution in [0.1, 0.15) is 39.0 Å². The summed E-state index contributed by atoms with van der Waals surface area (Å²) in [5.74, 6) is -0.862. The molecule has 1 aliphatic rings. The summed E-state index contributed by atoms with van der Waals surface area (Å²) in [7, 11) is 0. The summed E-state index contributed by atoms with van der Waals surface area (Å²) in [4.78, 5) is 13.1. The Kier molecular flexibility index (Phi) is 4.54. The van der Waals surface area contributed by atoms with Crippen molar-refractivity contribution in [1.29, 1.82) is 0 Å². The fraction of sp³-hybridized carbons (Fsp3) is 0.909. The third kappa shape index (κ3) is 3.47. The van der Waals surface area contributed by atoms with Gasteiger partial charge in [0.05, 0.1) is 0 Å². The van der Waals surface area contributed by atoms with Crippen molar-refractivity contribution >= 4 is 5.97 Å². The van der Waals surface area contributed by atoms with Crippen LogP contribution in [0.15, 0.2) is 0 Å². The molecule has 1 aliphatic heterocycles. The molecule has 4 nitrogen and oxygen atoms in total. The van der Waals surface area contributed by atoms with Gasteiger partial charge in [0.25, 0.3) is 0 Å². The van der Waals surface area contributed by atoms with Gasteiger partial charge in [0.2, 0.25) is 0 Å². The summed E-state index contributed by atoms with van der Waals surface area (Å²) in [5.41, 5.74) is 4.79. The summed E-state index contributed by atoms with van der Waals surface area (Å²) in [6.07, 6.45) is 5.47. The second-order valence-electron chi connectivity index (χ2n) is 4.55. The molecule has 0 aromatic rings. The standard InChI is InChI=1S/C11H22N2O2/c1-2-3-4-5-7-13-8-6-11(12,9-13)10(14)15/h2-9,12H2,1H3,(H,14,15). The van der Waals surface area contributed by atoms with Crippen LogP contribution in [0.2, 0.25) is 0 Å². The molecule has 0 saturated carbocycles. The average Bonchev–Trinajstić information content (AvgIpc) is 2.57. The van der Waals surface area contributed by atoms with Crippen molar-refractivity contribution in [2.45, 2.75) is 44.6 Å². The topological polar surface area (TPSA) is 66.6 Å². The molecule has 0 bridgehead atoms. The van der Waals surface area contributed by atoms with Crippen LogP contribution in [0.3, 0.4) is 0 Å². The predicted molar refractivity (Wildman–Crippen MR) is 59.8 cm³/mol. The van der Waals surface area contributed by atoms with E-state index in [1.54, 1.807) is 0 Å². The zero-order chi connectivity index (χ0) is 11.3. The van der Waals surface area contributed by atoms with Gasteiger partial charge in [-0.2, -0.15) is 0 Å². The lowest BCUT2D eigenvalue weighted by Gasteiger charge is -2.19. The van der Waals surface area contributed by atoms with E-state index in [1.807, 2.05) is 0 Å². The molecular formula is C11H22N2O2. The third-order valence-electron chi connectivity index (χ3n) is 3.13. The maximum atomic E-state index is 10.9. The smallest absolute Gasteiger partial charge is 0.325 e. The van der Waals surface area contributed by atoms with Crippen LogP contribution in [0, 0.1) is 0 Å². The third-order valence-corrected chi connectivity index (χ3v) is 3.13. The monoisotopic (exact) mass is 214 g/mol. The van der Waals surface area contributed by atoms with Crippen LogP contribution in [0.25, 0.3) is 0 Å². The number of nitrogens with two attached hydrogens (primary N) is 1. The van der Waals surface area contributed by atoms with Gasteiger partial charge in [-0.3, -0.25) is 4.79 Å². The van der Waals surface area contributed by atoms with Crippen molar-refractivity contribution in [2.24, 2.45) is 5.73 Å². The number of rotatable bonds is 6. The second kappa shape index (κ2) is 5.47. The van der Waals surface area contributed by atoms with Crippen molar-refractivity contribution < 1.29 is 9.90 Å². The number of aliphatic carboxylic acids is 1. The number of carbonyl (C=O) groups is 1. The van der Waals surface area contributed by atoms with E-state index in [1.165, 1.54) is 19.3 Å². The maximum absolute atomic E-state index is 10.9. The molecule has 0 amide bonds. The van der Waals surface area contributed by atoms with Crippen LogP contribution in [0.5, 0.6) is 0 Å². The first-order valence-electron chi connectivity index (χ1n) is 5.83. The van der Waals surface area contributed by atoms with E-state index in [-0.39, 0.29) is 0 Å². The van der Waals surface area contributed by atoms with E-state index in [9.17, 15) is 4.79 Å². The zero-order valence-corrected chi connectivity index (χ0v) is 9.54. The molecule has 0 radical (unpaired) electrons. The van der Waals surface area contributed by atoms with Gasteiger partial charge in [-0.25, -0.2) is 0 Å². The normalized spacial score (nSPS) is 27.1. The predicted octanol–water partition coefficient (Wildman–Crippen LogP) is 1.05. The first kappa shape index (κ1) is 12.5. The van der Waals surface area contributed by atoms with E-state index < -0.39 is 11.5 Å². The summed E-state index contributed by atoms with van der Waals surface area (Å²) < 4.78 is 0. The Morgan fingerprint density at radius 3 is 2.73 bits per heavy atom. The summed E-state index contributed by atoms with van der Waals surface area (Å²) in [6.45, 7) is 4.51. The molecule has 88 valence electrons. The van der Waals surface area contributed by atoms with Crippen molar-refractivity contribution in [3.63, 3.8) is 0 Å². The minimum absolute atomic E-state index is 0.508. The first-order chi connectivity index (χ1) is 7.08. The highest BCUT2D eigenvalue weighted by Crippen LogP contribution is 2.19.